The minimum Gasteiger partial charge on any atom is -0.342 e. The molecular formula is C13H25ClN2O. The molecule has 17 heavy (non-hydrogen) atoms. The number of halogens is 1. The molecule has 1 saturated carbocycles. The first-order chi connectivity index (χ1) is 7.39. The van der Waals surface area contributed by atoms with Crippen LogP contribution in [0, 0.1) is 17.3 Å². The van der Waals surface area contributed by atoms with E-state index in [1.807, 2.05) is 25.7 Å². The lowest BCUT2D eigenvalue weighted by Crippen LogP contribution is -2.40. The van der Waals surface area contributed by atoms with E-state index in [2.05, 4.69) is 0 Å². The molecule has 0 aromatic heterocycles. The number of nitrogens with two attached hydrogens (primary N) is 1. The molecule has 3 atom stereocenters. The predicted molar refractivity (Wildman–Crippen MR) is 72.1 cm³/mol. The summed E-state index contributed by atoms with van der Waals surface area (Å²) in [6.45, 7) is 7.82. The van der Waals surface area contributed by atoms with Gasteiger partial charge in [-0.2, -0.15) is 0 Å². The summed E-state index contributed by atoms with van der Waals surface area (Å²) in [5, 5.41) is 0. The Morgan fingerprint density at radius 3 is 2.41 bits per heavy atom. The number of likely N-dealkylation sites (tertiary alicyclic amines) is 1. The van der Waals surface area contributed by atoms with Crippen LogP contribution in [-0.2, 0) is 4.79 Å². The van der Waals surface area contributed by atoms with Crippen LogP contribution >= 0.6 is 12.4 Å². The third kappa shape index (κ3) is 2.94. The van der Waals surface area contributed by atoms with Gasteiger partial charge in [-0.25, -0.2) is 0 Å². The number of amides is 1. The summed E-state index contributed by atoms with van der Waals surface area (Å²) in [4.78, 5) is 14.2. The average molecular weight is 261 g/mol. The summed E-state index contributed by atoms with van der Waals surface area (Å²) in [6, 6.07) is 0.316. The normalized spacial score (nSPS) is 32.9. The van der Waals surface area contributed by atoms with Gasteiger partial charge in [-0.05, 0) is 24.7 Å². The zero-order chi connectivity index (χ0) is 11.9. The predicted octanol–water partition coefficient (Wildman–Crippen LogP) is 2.04. The van der Waals surface area contributed by atoms with Crippen molar-refractivity contribution < 1.29 is 4.79 Å². The molecule has 2 fully saturated rings. The second-order valence-corrected chi connectivity index (χ2v) is 6.48. The number of hydrogen-bond donors (Lipinski definition) is 1. The Balaban J connectivity index is 0.00000144. The highest BCUT2D eigenvalue weighted by molar-refractivity contribution is 5.85. The fourth-order valence-electron chi connectivity index (χ4n) is 3.16. The lowest BCUT2D eigenvalue weighted by atomic mass is 9.78. The van der Waals surface area contributed by atoms with Gasteiger partial charge in [-0.1, -0.05) is 27.2 Å². The quantitative estimate of drug-likeness (QED) is 0.725. The van der Waals surface area contributed by atoms with E-state index in [-0.39, 0.29) is 23.7 Å². The lowest BCUT2D eigenvalue weighted by Gasteiger charge is -2.29. The Kier molecular flexibility index (Phi) is 4.48. The number of hydrogen-bond acceptors (Lipinski definition) is 2. The molecular weight excluding hydrogens is 236 g/mol. The van der Waals surface area contributed by atoms with Gasteiger partial charge in [0.25, 0.3) is 0 Å². The minimum absolute atomic E-state index is 0. The van der Waals surface area contributed by atoms with Crippen molar-refractivity contribution >= 4 is 18.3 Å². The van der Waals surface area contributed by atoms with E-state index in [0.717, 1.165) is 19.5 Å². The minimum atomic E-state index is -0.252. The summed E-state index contributed by atoms with van der Waals surface area (Å²) >= 11 is 0. The molecule has 0 aromatic rings. The van der Waals surface area contributed by atoms with Crippen molar-refractivity contribution in [3.05, 3.63) is 0 Å². The monoisotopic (exact) mass is 260 g/mol. The zero-order valence-electron chi connectivity index (χ0n) is 11.1. The van der Waals surface area contributed by atoms with E-state index in [0.29, 0.717) is 17.9 Å². The largest absolute Gasteiger partial charge is 0.342 e. The van der Waals surface area contributed by atoms with Crippen LogP contribution in [0.1, 0.15) is 40.0 Å². The lowest BCUT2D eigenvalue weighted by molar-refractivity contribution is -0.138. The summed E-state index contributed by atoms with van der Waals surface area (Å²) < 4.78 is 0. The van der Waals surface area contributed by atoms with Crippen molar-refractivity contribution in [1.29, 1.82) is 0 Å². The second kappa shape index (κ2) is 5.15. The number of fused-ring (bicyclic) bond motifs is 1. The molecule has 0 radical (unpaired) electrons. The van der Waals surface area contributed by atoms with E-state index < -0.39 is 0 Å². The maximum absolute atomic E-state index is 12.2. The molecule has 1 amide bonds. The maximum atomic E-state index is 12.2. The molecule has 1 aliphatic carbocycles. The Morgan fingerprint density at radius 1 is 1.24 bits per heavy atom. The molecule has 0 spiro atoms. The molecule has 2 rings (SSSR count). The molecule has 4 heteroatoms. The number of carbonyl (C=O) groups excluding carboxylic acids is 1. The molecule has 1 saturated heterocycles. The molecule has 0 bridgehead atoms. The maximum Gasteiger partial charge on any atom is 0.227 e. The van der Waals surface area contributed by atoms with E-state index in [4.69, 9.17) is 5.73 Å². The van der Waals surface area contributed by atoms with Crippen LogP contribution in [0.15, 0.2) is 0 Å². The first-order valence-electron chi connectivity index (χ1n) is 6.44. The van der Waals surface area contributed by atoms with Gasteiger partial charge in [0.2, 0.25) is 5.91 Å². The molecule has 3 nitrogen and oxygen atoms in total. The van der Waals surface area contributed by atoms with E-state index in [1.165, 1.54) is 12.8 Å². The van der Waals surface area contributed by atoms with Crippen LogP contribution < -0.4 is 5.73 Å². The van der Waals surface area contributed by atoms with E-state index in [9.17, 15) is 4.79 Å². The molecule has 2 N–H and O–H groups in total. The van der Waals surface area contributed by atoms with Gasteiger partial charge in [-0.3, -0.25) is 4.79 Å². The van der Waals surface area contributed by atoms with E-state index >= 15 is 0 Å². The Hall–Kier alpha value is -0.280. The number of rotatable bonds is 0. The van der Waals surface area contributed by atoms with Crippen LogP contribution in [0.2, 0.25) is 0 Å². The fraction of sp³-hybridized carbons (Fsp3) is 0.923. The van der Waals surface area contributed by atoms with Crippen molar-refractivity contribution in [2.75, 3.05) is 13.1 Å². The molecule has 3 unspecified atom stereocenters. The van der Waals surface area contributed by atoms with Gasteiger partial charge in [0, 0.05) is 24.5 Å². The number of carbonyl (C=O) groups is 1. The van der Waals surface area contributed by atoms with Crippen molar-refractivity contribution in [1.82, 2.24) is 4.90 Å². The highest BCUT2D eigenvalue weighted by atomic mass is 35.5. The van der Waals surface area contributed by atoms with Gasteiger partial charge in [0.05, 0.1) is 0 Å². The summed E-state index contributed by atoms with van der Waals surface area (Å²) in [7, 11) is 0. The standard InChI is InChI=1S/C13H24N2O.ClH/c1-13(2,3)12(16)15-7-9-5-4-6-11(14)10(9)8-15;/h9-11H,4-8,14H2,1-3H3;1H. The average Bonchev–Trinajstić information content (AvgIpc) is 2.60. The summed E-state index contributed by atoms with van der Waals surface area (Å²) in [6.07, 6.45) is 3.63. The topological polar surface area (TPSA) is 46.3 Å². The smallest absolute Gasteiger partial charge is 0.227 e. The van der Waals surface area contributed by atoms with Crippen molar-refractivity contribution in [2.45, 2.75) is 46.1 Å². The zero-order valence-corrected chi connectivity index (χ0v) is 11.9. The van der Waals surface area contributed by atoms with Gasteiger partial charge < -0.3 is 10.6 Å². The van der Waals surface area contributed by atoms with Crippen molar-refractivity contribution in [2.24, 2.45) is 23.0 Å². The first-order valence-corrected chi connectivity index (χ1v) is 6.44. The highest BCUT2D eigenvalue weighted by Crippen LogP contribution is 2.36. The van der Waals surface area contributed by atoms with Crippen LogP contribution in [0.4, 0.5) is 0 Å². The number of nitrogens with zero attached hydrogens (tertiary/aromatic N) is 1. The summed E-state index contributed by atoms with van der Waals surface area (Å²) in [5.74, 6) is 1.50. The van der Waals surface area contributed by atoms with Crippen LogP contribution in [0.5, 0.6) is 0 Å². The van der Waals surface area contributed by atoms with Crippen LogP contribution in [-0.4, -0.2) is 29.9 Å². The molecule has 1 aliphatic heterocycles. The van der Waals surface area contributed by atoms with Crippen LogP contribution in [0.3, 0.4) is 0 Å². The van der Waals surface area contributed by atoms with Crippen molar-refractivity contribution in [3.63, 3.8) is 0 Å². The molecule has 2 aliphatic rings. The fourth-order valence-corrected chi connectivity index (χ4v) is 3.16. The Labute approximate surface area is 111 Å². The summed E-state index contributed by atoms with van der Waals surface area (Å²) in [5.41, 5.74) is 5.90. The second-order valence-electron chi connectivity index (χ2n) is 6.48. The van der Waals surface area contributed by atoms with E-state index in [1.54, 1.807) is 0 Å². The van der Waals surface area contributed by atoms with Gasteiger partial charge in [0.15, 0.2) is 0 Å². The van der Waals surface area contributed by atoms with Crippen molar-refractivity contribution in [3.8, 4) is 0 Å². The molecule has 0 aromatic carbocycles. The van der Waals surface area contributed by atoms with Gasteiger partial charge in [0.1, 0.15) is 0 Å². The molecule has 100 valence electrons. The SMILES string of the molecule is CC(C)(C)C(=O)N1CC2CCCC(N)C2C1.Cl. The first kappa shape index (κ1) is 14.8. The van der Waals surface area contributed by atoms with Gasteiger partial charge in [-0.15, -0.1) is 12.4 Å². The Morgan fingerprint density at radius 2 is 1.88 bits per heavy atom. The third-order valence-corrected chi connectivity index (χ3v) is 4.08. The Bertz CT molecular complexity index is 288. The van der Waals surface area contributed by atoms with Crippen LogP contribution in [0.25, 0.3) is 0 Å². The van der Waals surface area contributed by atoms with Gasteiger partial charge >= 0.3 is 0 Å². The highest BCUT2D eigenvalue weighted by Gasteiger charge is 2.42. The molecule has 1 heterocycles. The third-order valence-electron chi connectivity index (χ3n) is 4.08.